The molecule has 0 aromatic heterocycles. The predicted molar refractivity (Wildman–Crippen MR) is 40.3 cm³/mol. The maximum absolute atomic E-state index is 8.59. The van der Waals surface area contributed by atoms with E-state index >= 15 is 0 Å². The number of ether oxygens (including phenoxy) is 3. The molecule has 4 heteroatoms. The molecule has 68 valence electrons. The van der Waals surface area contributed by atoms with Crippen molar-refractivity contribution in [3.8, 4) is 0 Å². The Bertz CT molecular complexity index is 72.8. The van der Waals surface area contributed by atoms with Crippen molar-refractivity contribution < 1.29 is 19.3 Å². The molecule has 11 heavy (non-hydrogen) atoms. The van der Waals surface area contributed by atoms with Crippen LogP contribution in [0.15, 0.2) is 0 Å². The van der Waals surface area contributed by atoms with Crippen LogP contribution in [0.1, 0.15) is 6.92 Å². The zero-order valence-corrected chi connectivity index (χ0v) is 7.08. The van der Waals surface area contributed by atoms with Gasteiger partial charge in [-0.15, -0.1) is 0 Å². The predicted octanol–water partition coefficient (Wildman–Crippen LogP) is 0.00430. The molecule has 0 aliphatic rings. The van der Waals surface area contributed by atoms with Crippen LogP contribution in [0.3, 0.4) is 0 Å². The third-order valence-corrected chi connectivity index (χ3v) is 1.15. The lowest BCUT2D eigenvalue weighted by Gasteiger charge is -2.12. The van der Waals surface area contributed by atoms with E-state index in [1.165, 1.54) is 7.11 Å². The van der Waals surface area contributed by atoms with Gasteiger partial charge in [-0.05, 0) is 6.92 Å². The summed E-state index contributed by atoms with van der Waals surface area (Å²) >= 11 is 0. The van der Waals surface area contributed by atoms with Crippen molar-refractivity contribution in [3.63, 3.8) is 0 Å². The van der Waals surface area contributed by atoms with E-state index in [1.807, 2.05) is 6.92 Å². The van der Waals surface area contributed by atoms with Gasteiger partial charge in [0.25, 0.3) is 0 Å². The summed E-state index contributed by atoms with van der Waals surface area (Å²) in [5.74, 6) is 0. The first-order valence-corrected chi connectivity index (χ1v) is 3.68. The highest BCUT2D eigenvalue weighted by atomic mass is 16.7. The summed E-state index contributed by atoms with van der Waals surface area (Å²) in [4.78, 5) is 0. The van der Waals surface area contributed by atoms with Crippen LogP contribution in [0, 0.1) is 0 Å². The van der Waals surface area contributed by atoms with Crippen molar-refractivity contribution in [2.75, 3.05) is 33.5 Å². The maximum atomic E-state index is 8.59. The fourth-order valence-corrected chi connectivity index (χ4v) is 0.578. The quantitative estimate of drug-likeness (QED) is 0.425. The van der Waals surface area contributed by atoms with Crippen LogP contribution >= 0.6 is 0 Å². The molecule has 0 fully saturated rings. The first-order valence-electron chi connectivity index (χ1n) is 3.68. The highest BCUT2D eigenvalue weighted by Gasteiger charge is 2.03. The van der Waals surface area contributed by atoms with E-state index in [0.717, 1.165) is 0 Å². The third kappa shape index (κ3) is 6.25. The van der Waals surface area contributed by atoms with Crippen molar-refractivity contribution in [2.45, 2.75) is 13.2 Å². The molecule has 0 aromatic rings. The molecule has 0 saturated carbocycles. The SMILES string of the molecule is CCOCCOC(CO)OC. The Kier molecular flexibility index (Phi) is 7.83. The molecule has 0 aliphatic heterocycles. The highest BCUT2D eigenvalue weighted by Crippen LogP contribution is 1.90. The lowest BCUT2D eigenvalue weighted by Crippen LogP contribution is -2.21. The fourth-order valence-electron chi connectivity index (χ4n) is 0.578. The molecule has 0 bridgehead atoms. The van der Waals surface area contributed by atoms with Crippen molar-refractivity contribution in [2.24, 2.45) is 0 Å². The van der Waals surface area contributed by atoms with Gasteiger partial charge in [-0.1, -0.05) is 0 Å². The summed E-state index contributed by atoms with van der Waals surface area (Å²) in [6.07, 6.45) is -0.518. The summed E-state index contributed by atoms with van der Waals surface area (Å²) in [6, 6.07) is 0. The van der Waals surface area contributed by atoms with E-state index in [4.69, 9.17) is 19.3 Å². The van der Waals surface area contributed by atoms with Crippen molar-refractivity contribution in [1.82, 2.24) is 0 Å². The molecule has 4 nitrogen and oxygen atoms in total. The van der Waals surface area contributed by atoms with Gasteiger partial charge in [0, 0.05) is 13.7 Å². The Balaban J connectivity index is 3.07. The van der Waals surface area contributed by atoms with Gasteiger partial charge in [0.2, 0.25) is 0 Å². The second-order valence-electron chi connectivity index (χ2n) is 1.92. The van der Waals surface area contributed by atoms with Gasteiger partial charge in [0.1, 0.15) is 0 Å². The molecule has 0 amide bonds. The highest BCUT2D eigenvalue weighted by molar-refractivity contribution is 4.37. The molecule has 1 unspecified atom stereocenters. The van der Waals surface area contributed by atoms with E-state index < -0.39 is 6.29 Å². The fraction of sp³-hybridized carbons (Fsp3) is 1.00. The summed E-state index contributed by atoms with van der Waals surface area (Å²) in [7, 11) is 1.49. The molecule has 1 atom stereocenters. The molecule has 0 radical (unpaired) electrons. The lowest BCUT2D eigenvalue weighted by atomic mass is 10.6. The maximum Gasteiger partial charge on any atom is 0.180 e. The third-order valence-electron chi connectivity index (χ3n) is 1.15. The van der Waals surface area contributed by atoms with Gasteiger partial charge in [-0.2, -0.15) is 0 Å². The number of methoxy groups -OCH3 is 1. The van der Waals surface area contributed by atoms with Crippen LogP contribution in [0.5, 0.6) is 0 Å². The molecule has 0 aromatic carbocycles. The van der Waals surface area contributed by atoms with Gasteiger partial charge in [-0.25, -0.2) is 0 Å². The molecular formula is C7H16O4. The Labute approximate surface area is 67.1 Å². The number of rotatable bonds is 7. The van der Waals surface area contributed by atoms with E-state index in [0.29, 0.717) is 19.8 Å². The van der Waals surface area contributed by atoms with E-state index in [2.05, 4.69) is 0 Å². The van der Waals surface area contributed by atoms with Gasteiger partial charge >= 0.3 is 0 Å². The Morgan fingerprint density at radius 3 is 2.55 bits per heavy atom. The van der Waals surface area contributed by atoms with Gasteiger partial charge in [0.15, 0.2) is 6.29 Å². The van der Waals surface area contributed by atoms with Gasteiger partial charge in [0.05, 0.1) is 19.8 Å². The number of aliphatic hydroxyl groups is 1. The van der Waals surface area contributed by atoms with Crippen molar-refractivity contribution >= 4 is 0 Å². The first kappa shape index (κ1) is 10.8. The average molecular weight is 164 g/mol. The van der Waals surface area contributed by atoms with Crippen LogP contribution in [0.2, 0.25) is 0 Å². The van der Waals surface area contributed by atoms with Crippen LogP contribution in [-0.2, 0) is 14.2 Å². The van der Waals surface area contributed by atoms with Crippen LogP contribution in [-0.4, -0.2) is 44.9 Å². The summed E-state index contributed by atoms with van der Waals surface area (Å²) in [5, 5.41) is 8.59. The standard InChI is InChI=1S/C7H16O4/c1-3-10-4-5-11-7(6-8)9-2/h7-8H,3-6H2,1-2H3. The molecule has 0 rings (SSSR count). The topological polar surface area (TPSA) is 47.9 Å². The number of hydrogen-bond donors (Lipinski definition) is 1. The molecule has 0 spiro atoms. The lowest BCUT2D eigenvalue weighted by molar-refractivity contribution is -0.153. The average Bonchev–Trinajstić information content (AvgIpc) is 2.05. The summed E-state index contributed by atoms with van der Waals surface area (Å²) in [5.41, 5.74) is 0. The van der Waals surface area contributed by atoms with Crippen LogP contribution in [0.25, 0.3) is 0 Å². The van der Waals surface area contributed by atoms with E-state index in [9.17, 15) is 0 Å². The second-order valence-corrected chi connectivity index (χ2v) is 1.92. The largest absolute Gasteiger partial charge is 0.391 e. The Morgan fingerprint density at radius 1 is 1.36 bits per heavy atom. The van der Waals surface area contributed by atoms with Gasteiger partial charge < -0.3 is 19.3 Å². The van der Waals surface area contributed by atoms with E-state index in [1.54, 1.807) is 0 Å². The zero-order chi connectivity index (χ0) is 8.53. The van der Waals surface area contributed by atoms with Crippen LogP contribution < -0.4 is 0 Å². The van der Waals surface area contributed by atoms with Gasteiger partial charge in [-0.3, -0.25) is 0 Å². The minimum Gasteiger partial charge on any atom is -0.391 e. The smallest absolute Gasteiger partial charge is 0.180 e. The Hall–Kier alpha value is -0.160. The van der Waals surface area contributed by atoms with Crippen molar-refractivity contribution in [3.05, 3.63) is 0 Å². The van der Waals surface area contributed by atoms with E-state index in [-0.39, 0.29) is 6.61 Å². The summed E-state index contributed by atoms with van der Waals surface area (Å²) < 4.78 is 14.8. The summed E-state index contributed by atoms with van der Waals surface area (Å²) in [6.45, 7) is 3.46. The minimum atomic E-state index is -0.518. The number of hydrogen-bond acceptors (Lipinski definition) is 4. The number of aliphatic hydroxyl groups excluding tert-OH is 1. The second kappa shape index (κ2) is 7.94. The molecular weight excluding hydrogens is 148 g/mol. The normalized spacial score (nSPS) is 13.4. The molecule has 0 aliphatic carbocycles. The molecule has 0 saturated heterocycles. The molecule has 0 heterocycles. The van der Waals surface area contributed by atoms with Crippen LogP contribution in [0.4, 0.5) is 0 Å². The zero-order valence-electron chi connectivity index (χ0n) is 7.08. The minimum absolute atomic E-state index is 0.122. The monoisotopic (exact) mass is 164 g/mol. The molecule has 1 N–H and O–H groups in total. The Morgan fingerprint density at radius 2 is 2.09 bits per heavy atom. The van der Waals surface area contributed by atoms with Crippen molar-refractivity contribution in [1.29, 1.82) is 0 Å². The first-order chi connectivity index (χ1) is 5.35.